The molecule has 1 N–H and O–H groups in total. The van der Waals surface area contributed by atoms with Crippen LogP contribution in [0.25, 0.3) is 0 Å². The van der Waals surface area contributed by atoms with Crippen molar-refractivity contribution < 1.29 is 9.53 Å². The fraction of sp³-hybridized carbons (Fsp3) is 0.625. The molecule has 1 aliphatic carbocycles. The minimum absolute atomic E-state index is 0.329. The Hall–Kier alpha value is -1.58. The largest absolute Gasteiger partial charge is 0.465 e. The molecule has 20 heavy (non-hydrogen) atoms. The molecule has 1 saturated carbocycles. The number of methoxy groups -OCH3 is 1. The highest BCUT2D eigenvalue weighted by Crippen LogP contribution is 2.28. The first-order valence-corrected chi connectivity index (χ1v) is 7.46. The Morgan fingerprint density at radius 3 is 2.60 bits per heavy atom. The Morgan fingerprint density at radius 2 is 2.05 bits per heavy atom. The molecule has 1 aliphatic rings. The van der Waals surface area contributed by atoms with Crippen molar-refractivity contribution >= 4 is 11.8 Å². The maximum absolute atomic E-state index is 11.5. The van der Waals surface area contributed by atoms with E-state index >= 15 is 0 Å². The van der Waals surface area contributed by atoms with E-state index in [9.17, 15) is 4.79 Å². The van der Waals surface area contributed by atoms with Crippen LogP contribution in [0.5, 0.6) is 0 Å². The second-order valence-corrected chi connectivity index (χ2v) is 5.59. The first-order valence-electron chi connectivity index (χ1n) is 7.46. The van der Waals surface area contributed by atoms with Gasteiger partial charge in [0.05, 0.1) is 18.4 Å². The van der Waals surface area contributed by atoms with Crippen molar-refractivity contribution in [3.05, 3.63) is 23.4 Å². The van der Waals surface area contributed by atoms with Gasteiger partial charge in [0.15, 0.2) is 0 Å². The van der Waals surface area contributed by atoms with Crippen molar-refractivity contribution in [1.29, 1.82) is 0 Å². The number of esters is 1. The molecule has 0 atom stereocenters. The van der Waals surface area contributed by atoms with Gasteiger partial charge in [-0.15, -0.1) is 0 Å². The lowest BCUT2D eigenvalue weighted by Crippen LogP contribution is -2.26. The Labute approximate surface area is 120 Å². The number of pyridine rings is 1. The third-order valence-electron chi connectivity index (χ3n) is 4.27. The topological polar surface area (TPSA) is 51.2 Å². The number of nitrogens with one attached hydrogen (secondary N) is 1. The predicted octanol–water partition coefficient (Wildman–Crippen LogP) is 3.56. The van der Waals surface area contributed by atoms with E-state index < -0.39 is 0 Å². The molecule has 0 aliphatic heterocycles. The van der Waals surface area contributed by atoms with Crippen LogP contribution >= 0.6 is 0 Å². The number of hydrogen-bond donors (Lipinski definition) is 1. The molecule has 0 bridgehead atoms. The smallest absolute Gasteiger partial charge is 0.339 e. The molecule has 0 radical (unpaired) electrons. The van der Waals surface area contributed by atoms with Crippen LogP contribution in [0.1, 0.15) is 55.1 Å². The van der Waals surface area contributed by atoms with Crippen LogP contribution in [0.3, 0.4) is 0 Å². The van der Waals surface area contributed by atoms with E-state index in [1.165, 1.54) is 39.2 Å². The number of carbonyl (C=O) groups excluding carboxylic acids is 1. The van der Waals surface area contributed by atoms with Gasteiger partial charge in [-0.3, -0.25) is 0 Å². The monoisotopic (exact) mass is 276 g/mol. The molecule has 1 aromatic rings. The van der Waals surface area contributed by atoms with Crippen molar-refractivity contribution in [1.82, 2.24) is 4.98 Å². The average Bonchev–Trinajstić information content (AvgIpc) is 2.47. The number of ether oxygens (including phenoxy) is 1. The summed E-state index contributed by atoms with van der Waals surface area (Å²) in [6.45, 7) is 4.11. The summed E-state index contributed by atoms with van der Waals surface area (Å²) in [5.41, 5.74) is 1.25. The van der Waals surface area contributed by atoms with Gasteiger partial charge in [0.25, 0.3) is 0 Å². The van der Waals surface area contributed by atoms with E-state index in [0.29, 0.717) is 17.3 Å². The first-order chi connectivity index (χ1) is 9.63. The highest BCUT2D eigenvalue weighted by molar-refractivity contribution is 5.90. The summed E-state index contributed by atoms with van der Waals surface area (Å²) in [6.07, 6.45) is 6.30. The predicted molar refractivity (Wildman–Crippen MR) is 80.0 cm³/mol. The van der Waals surface area contributed by atoms with Crippen LogP contribution in [0.4, 0.5) is 5.82 Å². The van der Waals surface area contributed by atoms with Crippen LogP contribution in [-0.4, -0.2) is 24.1 Å². The minimum atomic E-state index is -0.329. The molecule has 1 fully saturated rings. The minimum Gasteiger partial charge on any atom is -0.465 e. The Balaban J connectivity index is 1.97. The zero-order valence-corrected chi connectivity index (χ0v) is 12.6. The maximum atomic E-state index is 11.5. The number of aryl methyl sites for hydroxylation is 1. The maximum Gasteiger partial charge on any atom is 0.339 e. The van der Waals surface area contributed by atoms with E-state index in [-0.39, 0.29) is 5.97 Å². The Morgan fingerprint density at radius 1 is 1.35 bits per heavy atom. The van der Waals surface area contributed by atoms with Crippen molar-refractivity contribution in [2.45, 2.75) is 52.0 Å². The summed E-state index contributed by atoms with van der Waals surface area (Å²) < 4.78 is 4.73. The standard InChI is InChI=1S/C16H24N2O2/c1-4-12-5-7-13(8-6-12)18-15-10-9-14(11(2)17-15)16(19)20-3/h9-10,12-13H,4-8H2,1-3H3,(H,17,18). The SMILES string of the molecule is CCC1CCC(Nc2ccc(C(=O)OC)c(C)n2)CC1. The summed E-state index contributed by atoms with van der Waals surface area (Å²) in [5.74, 6) is 1.42. The Kier molecular flexibility index (Phi) is 4.99. The first kappa shape index (κ1) is 14.8. The molecule has 2 rings (SSSR count). The van der Waals surface area contributed by atoms with Gasteiger partial charge in [-0.05, 0) is 50.7 Å². The van der Waals surface area contributed by atoms with E-state index in [4.69, 9.17) is 4.74 Å². The molecule has 4 heteroatoms. The second kappa shape index (κ2) is 6.73. The number of carbonyl (C=O) groups is 1. The van der Waals surface area contributed by atoms with E-state index in [2.05, 4.69) is 17.2 Å². The molecule has 0 spiro atoms. The van der Waals surface area contributed by atoms with Crippen LogP contribution in [0.15, 0.2) is 12.1 Å². The van der Waals surface area contributed by atoms with Crippen molar-refractivity contribution in [3.63, 3.8) is 0 Å². The Bertz CT molecular complexity index is 466. The summed E-state index contributed by atoms with van der Waals surface area (Å²) >= 11 is 0. The van der Waals surface area contributed by atoms with Crippen molar-refractivity contribution in [3.8, 4) is 0 Å². The van der Waals surface area contributed by atoms with Gasteiger partial charge in [-0.2, -0.15) is 0 Å². The van der Waals surface area contributed by atoms with Crippen LogP contribution < -0.4 is 5.32 Å². The summed E-state index contributed by atoms with van der Waals surface area (Å²) in [5, 5.41) is 3.49. The summed E-state index contributed by atoms with van der Waals surface area (Å²) in [4.78, 5) is 16.0. The van der Waals surface area contributed by atoms with Crippen molar-refractivity contribution in [2.75, 3.05) is 12.4 Å². The third kappa shape index (κ3) is 3.50. The average molecular weight is 276 g/mol. The molecule has 4 nitrogen and oxygen atoms in total. The van der Waals surface area contributed by atoms with Crippen LogP contribution in [0.2, 0.25) is 0 Å². The van der Waals surface area contributed by atoms with Gasteiger partial charge in [0.2, 0.25) is 0 Å². The van der Waals surface area contributed by atoms with Crippen LogP contribution in [0, 0.1) is 12.8 Å². The quantitative estimate of drug-likeness (QED) is 0.854. The van der Waals surface area contributed by atoms with Crippen LogP contribution in [-0.2, 0) is 4.74 Å². The fourth-order valence-corrected chi connectivity index (χ4v) is 2.89. The van der Waals surface area contributed by atoms with Crippen molar-refractivity contribution in [2.24, 2.45) is 5.92 Å². The van der Waals surface area contributed by atoms with E-state index in [0.717, 1.165) is 11.7 Å². The number of anilines is 1. The normalized spacial score (nSPS) is 22.4. The highest BCUT2D eigenvalue weighted by atomic mass is 16.5. The zero-order chi connectivity index (χ0) is 14.5. The second-order valence-electron chi connectivity index (χ2n) is 5.59. The van der Waals surface area contributed by atoms with Gasteiger partial charge >= 0.3 is 5.97 Å². The van der Waals surface area contributed by atoms with E-state index in [1.54, 1.807) is 6.07 Å². The number of aromatic nitrogens is 1. The molecule has 0 amide bonds. The number of nitrogens with zero attached hydrogens (tertiary/aromatic N) is 1. The van der Waals surface area contributed by atoms with Gasteiger partial charge in [0.1, 0.15) is 5.82 Å². The third-order valence-corrected chi connectivity index (χ3v) is 4.27. The van der Waals surface area contributed by atoms with E-state index in [1.807, 2.05) is 13.0 Å². The highest BCUT2D eigenvalue weighted by Gasteiger charge is 2.20. The molecule has 0 saturated heterocycles. The molecular weight excluding hydrogens is 252 g/mol. The lowest BCUT2D eigenvalue weighted by Gasteiger charge is -2.28. The van der Waals surface area contributed by atoms with Gasteiger partial charge in [-0.25, -0.2) is 9.78 Å². The molecule has 0 unspecified atom stereocenters. The zero-order valence-electron chi connectivity index (χ0n) is 12.6. The summed E-state index contributed by atoms with van der Waals surface area (Å²) in [6, 6.07) is 4.16. The molecule has 1 heterocycles. The summed E-state index contributed by atoms with van der Waals surface area (Å²) in [7, 11) is 1.39. The van der Waals surface area contributed by atoms with Gasteiger partial charge < -0.3 is 10.1 Å². The lowest BCUT2D eigenvalue weighted by molar-refractivity contribution is 0.0599. The lowest BCUT2D eigenvalue weighted by atomic mass is 9.84. The fourth-order valence-electron chi connectivity index (χ4n) is 2.89. The number of hydrogen-bond acceptors (Lipinski definition) is 4. The van der Waals surface area contributed by atoms with Gasteiger partial charge in [-0.1, -0.05) is 13.3 Å². The number of rotatable bonds is 4. The van der Waals surface area contributed by atoms with Gasteiger partial charge in [0, 0.05) is 6.04 Å². The molecular formula is C16H24N2O2. The molecule has 1 aromatic heterocycles. The molecule has 0 aromatic carbocycles. The molecule has 110 valence electrons.